The molecule has 142 valence electrons. The summed E-state index contributed by atoms with van der Waals surface area (Å²) >= 11 is 0. The van der Waals surface area contributed by atoms with Gasteiger partial charge in [0.1, 0.15) is 0 Å². The molecule has 2 aliphatic rings. The zero-order valence-corrected chi connectivity index (χ0v) is 16.8. The summed E-state index contributed by atoms with van der Waals surface area (Å²) < 4.78 is 0. The maximum atomic E-state index is 12.3. The monoisotopic (exact) mass is 387 g/mol. The van der Waals surface area contributed by atoms with Crippen molar-refractivity contribution in [2.75, 3.05) is 26.2 Å². The lowest BCUT2D eigenvalue weighted by Gasteiger charge is -2.35. The third-order valence-corrected chi connectivity index (χ3v) is 5.52. The summed E-state index contributed by atoms with van der Waals surface area (Å²) in [6, 6.07) is 8.97. The summed E-state index contributed by atoms with van der Waals surface area (Å²) in [6.07, 6.45) is 2.13. The van der Waals surface area contributed by atoms with Crippen molar-refractivity contribution < 1.29 is 4.79 Å². The van der Waals surface area contributed by atoms with Gasteiger partial charge in [0, 0.05) is 31.6 Å². The fraction of sp³-hybridized carbons (Fsp3) is 0.632. The largest absolute Gasteiger partial charge is 0.353 e. The van der Waals surface area contributed by atoms with Gasteiger partial charge in [-0.25, -0.2) is 0 Å². The number of piperidine rings is 1. The Morgan fingerprint density at radius 3 is 2.44 bits per heavy atom. The zero-order valence-electron chi connectivity index (χ0n) is 15.2. The molecule has 2 aliphatic heterocycles. The molecule has 2 saturated heterocycles. The smallest absolute Gasteiger partial charge is 0.223 e. The van der Waals surface area contributed by atoms with Gasteiger partial charge >= 0.3 is 0 Å². The third kappa shape index (κ3) is 5.85. The molecule has 0 bridgehead atoms. The van der Waals surface area contributed by atoms with Crippen molar-refractivity contribution in [3.63, 3.8) is 0 Å². The van der Waals surface area contributed by atoms with Gasteiger partial charge in [-0.2, -0.15) is 0 Å². The van der Waals surface area contributed by atoms with Gasteiger partial charge < -0.3 is 10.6 Å². The Hall–Kier alpha value is -0.810. The minimum absolute atomic E-state index is 0. The molecule has 25 heavy (non-hydrogen) atoms. The number of hydrogen-bond acceptors (Lipinski definition) is 3. The van der Waals surface area contributed by atoms with Gasteiger partial charge in [0.05, 0.1) is 0 Å². The number of carbonyl (C=O) groups excluding carboxylic acids is 1. The van der Waals surface area contributed by atoms with Gasteiger partial charge in [-0.1, -0.05) is 31.2 Å². The van der Waals surface area contributed by atoms with Crippen LogP contribution in [0.5, 0.6) is 0 Å². The van der Waals surface area contributed by atoms with E-state index in [-0.39, 0.29) is 36.6 Å². The lowest BCUT2D eigenvalue weighted by molar-refractivity contribution is -0.127. The highest BCUT2D eigenvalue weighted by molar-refractivity contribution is 5.85. The average molecular weight is 388 g/mol. The molecular weight excluding hydrogens is 357 g/mol. The van der Waals surface area contributed by atoms with Crippen LogP contribution < -0.4 is 10.6 Å². The van der Waals surface area contributed by atoms with Crippen LogP contribution >= 0.6 is 24.8 Å². The predicted molar refractivity (Wildman–Crippen MR) is 108 cm³/mol. The van der Waals surface area contributed by atoms with Crippen molar-refractivity contribution in [2.24, 2.45) is 11.8 Å². The Labute approximate surface area is 163 Å². The van der Waals surface area contributed by atoms with Crippen LogP contribution in [0.2, 0.25) is 0 Å². The van der Waals surface area contributed by atoms with Gasteiger partial charge in [-0.15, -0.1) is 24.8 Å². The first-order valence-corrected chi connectivity index (χ1v) is 8.91. The van der Waals surface area contributed by atoms with Crippen molar-refractivity contribution in [1.82, 2.24) is 15.5 Å². The molecule has 4 nitrogen and oxygen atoms in total. The van der Waals surface area contributed by atoms with Gasteiger partial charge in [-0.05, 0) is 49.9 Å². The number of amides is 1. The highest BCUT2D eigenvalue weighted by atomic mass is 35.5. The summed E-state index contributed by atoms with van der Waals surface area (Å²) in [5, 5.41) is 6.52. The van der Waals surface area contributed by atoms with Crippen molar-refractivity contribution in [1.29, 1.82) is 0 Å². The molecular formula is C19H31Cl2N3O. The molecule has 1 unspecified atom stereocenters. The van der Waals surface area contributed by atoms with Crippen molar-refractivity contribution >= 4 is 30.7 Å². The molecule has 1 atom stereocenters. The number of halogens is 2. The van der Waals surface area contributed by atoms with Gasteiger partial charge in [0.25, 0.3) is 0 Å². The van der Waals surface area contributed by atoms with Crippen LogP contribution in [0.4, 0.5) is 0 Å². The molecule has 0 radical (unpaired) electrons. The van der Waals surface area contributed by atoms with Crippen LogP contribution in [0.3, 0.4) is 0 Å². The van der Waals surface area contributed by atoms with Crippen LogP contribution in [0, 0.1) is 18.8 Å². The van der Waals surface area contributed by atoms with E-state index in [2.05, 4.69) is 53.6 Å². The molecule has 1 aromatic carbocycles. The van der Waals surface area contributed by atoms with Crippen molar-refractivity contribution in [2.45, 2.75) is 39.3 Å². The maximum absolute atomic E-state index is 12.3. The molecule has 0 spiro atoms. The van der Waals surface area contributed by atoms with E-state index in [1.165, 1.54) is 11.1 Å². The van der Waals surface area contributed by atoms with Gasteiger partial charge in [0.15, 0.2) is 0 Å². The fourth-order valence-corrected chi connectivity index (χ4v) is 3.48. The Balaban J connectivity index is 0.00000156. The molecule has 1 aromatic rings. The number of benzene rings is 1. The van der Waals surface area contributed by atoms with Crippen LogP contribution in [-0.2, 0) is 11.3 Å². The standard InChI is InChI=1S/C19H29N3O.2ClH/c1-14-5-3-4-6-16(14)13-22-9-7-18(8-10-22)21-19(23)15(2)17-11-20-12-17;;/h3-6,15,17-18,20H,7-13H2,1-2H3,(H,21,23);2*1H. The highest BCUT2D eigenvalue weighted by Crippen LogP contribution is 2.19. The third-order valence-electron chi connectivity index (χ3n) is 5.52. The quantitative estimate of drug-likeness (QED) is 0.816. The summed E-state index contributed by atoms with van der Waals surface area (Å²) in [7, 11) is 0. The normalized spacial score (nSPS) is 19.9. The summed E-state index contributed by atoms with van der Waals surface area (Å²) in [4.78, 5) is 14.8. The number of rotatable bonds is 5. The molecule has 6 heteroatoms. The zero-order chi connectivity index (χ0) is 16.2. The molecule has 0 saturated carbocycles. The first-order chi connectivity index (χ1) is 11.1. The number of aryl methyl sites for hydroxylation is 1. The summed E-state index contributed by atoms with van der Waals surface area (Å²) in [5.74, 6) is 0.909. The van der Waals surface area contributed by atoms with E-state index in [0.29, 0.717) is 12.0 Å². The van der Waals surface area contributed by atoms with E-state index < -0.39 is 0 Å². The molecule has 0 aromatic heterocycles. The molecule has 0 aliphatic carbocycles. The lowest BCUT2D eigenvalue weighted by atomic mass is 9.88. The number of carbonyl (C=O) groups is 1. The Morgan fingerprint density at radius 1 is 1.24 bits per heavy atom. The molecule has 2 fully saturated rings. The van der Waals surface area contributed by atoms with E-state index >= 15 is 0 Å². The summed E-state index contributed by atoms with van der Waals surface area (Å²) in [5.41, 5.74) is 2.78. The first-order valence-electron chi connectivity index (χ1n) is 8.91. The van der Waals surface area contributed by atoms with E-state index in [4.69, 9.17) is 0 Å². The molecule has 1 amide bonds. The minimum Gasteiger partial charge on any atom is -0.353 e. The van der Waals surface area contributed by atoms with E-state index in [0.717, 1.165) is 45.6 Å². The molecule has 2 N–H and O–H groups in total. The molecule has 2 heterocycles. The SMILES string of the molecule is Cc1ccccc1CN1CCC(NC(=O)C(C)C2CNC2)CC1.Cl.Cl. The number of nitrogens with one attached hydrogen (secondary N) is 2. The lowest BCUT2D eigenvalue weighted by Crippen LogP contribution is -2.52. The topological polar surface area (TPSA) is 44.4 Å². The van der Waals surface area contributed by atoms with Crippen LogP contribution in [0.1, 0.15) is 30.9 Å². The Morgan fingerprint density at radius 2 is 1.88 bits per heavy atom. The number of likely N-dealkylation sites (tertiary alicyclic amines) is 1. The molecule has 3 rings (SSSR count). The second kappa shape index (κ2) is 10.4. The second-order valence-electron chi connectivity index (χ2n) is 7.19. The van der Waals surface area contributed by atoms with E-state index in [1.807, 2.05) is 0 Å². The van der Waals surface area contributed by atoms with Gasteiger partial charge in [0.2, 0.25) is 5.91 Å². The maximum Gasteiger partial charge on any atom is 0.223 e. The predicted octanol–water partition coefficient (Wildman–Crippen LogP) is 2.77. The van der Waals surface area contributed by atoms with E-state index in [9.17, 15) is 4.79 Å². The summed E-state index contributed by atoms with van der Waals surface area (Å²) in [6.45, 7) is 9.38. The first kappa shape index (κ1) is 22.2. The van der Waals surface area contributed by atoms with Crippen LogP contribution in [0.15, 0.2) is 24.3 Å². The second-order valence-corrected chi connectivity index (χ2v) is 7.19. The average Bonchev–Trinajstić information content (AvgIpc) is 2.49. The number of nitrogens with zero attached hydrogens (tertiary/aromatic N) is 1. The fourth-order valence-electron chi connectivity index (χ4n) is 3.48. The van der Waals surface area contributed by atoms with Crippen LogP contribution in [-0.4, -0.2) is 43.0 Å². The van der Waals surface area contributed by atoms with Gasteiger partial charge in [-0.3, -0.25) is 9.69 Å². The minimum atomic E-state index is 0. The van der Waals surface area contributed by atoms with Crippen molar-refractivity contribution in [3.05, 3.63) is 35.4 Å². The van der Waals surface area contributed by atoms with E-state index in [1.54, 1.807) is 0 Å². The van der Waals surface area contributed by atoms with Crippen molar-refractivity contribution in [3.8, 4) is 0 Å². The van der Waals surface area contributed by atoms with Crippen LogP contribution in [0.25, 0.3) is 0 Å². The highest BCUT2D eigenvalue weighted by Gasteiger charge is 2.30. The Bertz CT molecular complexity index is 543. The Kier molecular flexibility index (Phi) is 9.22. The number of hydrogen-bond donors (Lipinski definition) is 2.